The van der Waals surface area contributed by atoms with E-state index in [-0.39, 0.29) is 11.0 Å². The summed E-state index contributed by atoms with van der Waals surface area (Å²) in [7, 11) is 0. The van der Waals surface area contributed by atoms with Crippen LogP contribution in [0.1, 0.15) is 17.3 Å². The van der Waals surface area contributed by atoms with Crippen LogP contribution in [-0.2, 0) is 11.3 Å². The number of carbonyl (C=O) groups excluding carboxylic acids is 1. The molecular formula is C21H17BrN2O4S. The van der Waals surface area contributed by atoms with Crippen molar-refractivity contribution in [2.45, 2.75) is 13.5 Å². The summed E-state index contributed by atoms with van der Waals surface area (Å²) < 4.78 is 14.8. The quantitative estimate of drug-likeness (QED) is 0.404. The number of hydrogen-bond acceptors (Lipinski definition) is 5. The highest BCUT2D eigenvalue weighted by Crippen LogP contribution is 2.22. The van der Waals surface area contributed by atoms with Gasteiger partial charge in [0.1, 0.15) is 17.4 Å². The normalized spacial score (nSPS) is 12.1. The molecule has 148 valence electrons. The van der Waals surface area contributed by atoms with Crippen molar-refractivity contribution in [3.63, 3.8) is 0 Å². The first-order valence-electron chi connectivity index (χ1n) is 9.04. The number of para-hydroxylation sites is 1. The second-order valence-electron chi connectivity index (χ2n) is 6.24. The monoisotopic (exact) mass is 472 g/mol. The molecule has 0 aliphatic heterocycles. The number of aromatic nitrogens is 1. The van der Waals surface area contributed by atoms with Gasteiger partial charge in [-0.2, -0.15) is 4.99 Å². The van der Waals surface area contributed by atoms with E-state index in [1.54, 1.807) is 24.3 Å². The molecule has 0 aliphatic rings. The molecule has 4 rings (SSSR count). The lowest BCUT2D eigenvalue weighted by molar-refractivity contribution is 0.0994. The fourth-order valence-corrected chi connectivity index (χ4v) is 4.63. The summed E-state index contributed by atoms with van der Waals surface area (Å²) in [5.41, 5.74) is 0.923. The van der Waals surface area contributed by atoms with Crippen LogP contribution in [0.3, 0.4) is 0 Å². The van der Waals surface area contributed by atoms with Crippen LogP contribution in [0.2, 0.25) is 0 Å². The van der Waals surface area contributed by atoms with E-state index >= 15 is 0 Å². The molecule has 2 aromatic carbocycles. The largest absolute Gasteiger partial charge is 0.463 e. The SMILES string of the molecule is CCOCCn1c(=NC(=O)c2coc3ccccc3c2=O)sc2cc(Br)ccc21. The van der Waals surface area contributed by atoms with Crippen LogP contribution >= 0.6 is 27.3 Å². The predicted molar refractivity (Wildman–Crippen MR) is 116 cm³/mol. The molecule has 0 spiro atoms. The molecule has 2 aromatic heterocycles. The highest BCUT2D eigenvalue weighted by molar-refractivity contribution is 9.10. The number of fused-ring (bicyclic) bond motifs is 2. The van der Waals surface area contributed by atoms with Gasteiger partial charge in [0.15, 0.2) is 4.80 Å². The lowest BCUT2D eigenvalue weighted by Crippen LogP contribution is -2.21. The van der Waals surface area contributed by atoms with Gasteiger partial charge in [-0.15, -0.1) is 0 Å². The van der Waals surface area contributed by atoms with Gasteiger partial charge in [-0.25, -0.2) is 0 Å². The third-order valence-corrected chi connectivity index (χ3v) is 5.95. The van der Waals surface area contributed by atoms with Crippen LogP contribution in [0.4, 0.5) is 0 Å². The molecule has 0 N–H and O–H groups in total. The molecule has 0 saturated heterocycles. The van der Waals surface area contributed by atoms with Gasteiger partial charge in [0, 0.05) is 17.6 Å². The molecule has 0 radical (unpaired) electrons. The number of amides is 1. The minimum Gasteiger partial charge on any atom is -0.463 e. The average molecular weight is 473 g/mol. The Morgan fingerprint density at radius 1 is 1.28 bits per heavy atom. The van der Waals surface area contributed by atoms with Crippen LogP contribution in [-0.4, -0.2) is 23.7 Å². The van der Waals surface area contributed by atoms with E-state index in [0.29, 0.717) is 35.5 Å². The highest BCUT2D eigenvalue weighted by atomic mass is 79.9. The number of benzene rings is 2. The molecular weight excluding hydrogens is 456 g/mol. The van der Waals surface area contributed by atoms with E-state index in [2.05, 4.69) is 20.9 Å². The Morgan fingerprint density at radius 2 is 2.10 bits per heavy atom. The second-order valence-corrected chi connectivity index (χ2v) is 8.16. The number of carbonyl (C=O) groups is 1. The summed E-state index contributed by atoms with van der Waals surface area (Å²) in [4.78, 5) is 30.3. The molecule has 0 bridgehead atoms. The predicted octanol–water partition coefficient (Wildman–Crippen LogP) is 4.35. The molecule has 0 fully saturated rings. The van der Waals surface area contributed by atoms with Crippen LogP contribution in [0.15, 0.2) is 67.4 Å². The highest BCUT2D eigenvalue weighted by Gasteiger charge is 2.15. The fourth-order valence-electron chi connectivity index (χ4n) is 3.02. The van der Waals surface area contributed by atoms with E-state index in [1.165, 1.54) is 17.6 Å². The summed E-state index contributed by atoms with van der Waals surface area (Å²) in [5.74, 6) is -0.625. The Balaban J connectivity index is 1.83. The number of hydrogen-bond donors (Lipinski definition) is 0. The zero-order valence-corrected chi connectivity index (χ0v) is 18.0. The molecule has 4 aromatic rings. The van der Waals surface area contributed by atoms with E-state index in [0.717, 1.165) is 14.7 Å². The maximum absolute atomic E-state index is 12.8. The number of thiazole rings is 1. The Hall–Kier alpha value is -2.55. The standard InChI is InChI=1S/C21H17BrN2O4S/c1-2-27-10-9-24-16-8-7-13(22)11-18(16)29-21(24)23-20(26)15-12-28-17-6-4-3-5-14(17)19(15)25/h3-8,11-12H,2,9-10H2,1H3. The van der Waals surface area contributed by atoms with Crippen molar-refractivity contribution in [3.8, 4) is 0 Å². The maximum atomic E-state index is 12.8. The Bertz CT molecular complexity index is 1340. The number of ether oxygens (including phenoxy) is 1. The van der Waals surface area contributed by atoms with Gasteiger partial charge in [-0.3, -0.25) is 9.59 Å². The summed E-state index contributed by atoms with van der Waals surface area (Å²) in [6.07, 6.45) is 1.19. The van der Waals surface area contributed by atoms with E-state index in [1.807, 2.05) is 29.7 Å². The first-order chi connectivity index (χ1) is 14.1. The van der Waals surface area contributed by atoms with Gasteiger partial charge < -0.3 is 13.7 Å². The Kier molecular flexibility index (Phi) is 5.75. The van der Waals surface area contributed by atoms with Gasteiger partial charge in [0.25, 0.3) is 5.91 Å². The van der Waals surface area contributed by atoms with E-state index in [4.69, 9.17) is 9.15 Å². The number of halogens is 1. The molecule has 6 nitrogen and oxygen atoms in total. The maximum Gasteiger partial charge on any atom is 0.286 e. The first-order valence-corrected chi connectivity index (χ1v) is 10.7. The average Bonchev–Trinajstić information content (AvgIpc) is 3.04. The van der Waals surface area contributed by atoms with Crippen LogP contribution in [0.5, 0.6) is 0 Å². The van der Waals surface area contributed by atoms with Crippen LogP contribution in [0, 0.1) is 0 Å². The smallest absolute Gasteiger partial charge is 0.286 e. The molecule has 0 atom stereocenters. The zero-order chi connectivity index (χ0) is 20.4. The first kappa shape index (κ1) is 19.8. The molecule has 0 saturated carbocycles. The van der Waals surface area contributed by atoms with Gasteiger partial charge in [0.05, 0.1) is 22.2 Å². The third-order valence-electron chi connectivity index (χ3n) is 4.42. The fraction of sp³-hybridized carbons (Fsp3) is 0.190. The van der Waals surface area contributed by atoms with Crippen molar-refractivity contribution in [1.82, 2.24) is 4.57 Å². The van der Waals surface area contributed by atoms with Crippen molar-refractivity contribution < 1.29 is 13.9 Å². The second kappa shape index (κ2) is 8.44. The minimum atomic E-state index is -0.625. The molecule has 1 amide bonds. The summed E-state index contributed by atoms with van der Waals surface area (Å²) in [5, 5.41) is 0.359. The number of rotatable bonds is 5. The summed E-state index contributed by atoms with van der Waals surface area (Å²) in [6.45, 7) is 3.59. The van der Waals surface area contributed by atoms with E-state index < -0.39 is 5.91 Å². The number of nitrogens with zero attached hydrogens (tertiary/aromatic N) is 2. The summed E-state index contributed by atoms with van der Waals surface area (Å²) in [6, 6.07) is 12.7. The topological polar surface area (TPSA) is 73.8 Å². The van der Waals surface area contributed by atoms with Crippen molar-refractivity contribution in [2.24, 2.45) is 4.99 Å². The van der Waals surface area contributed by atoms with Crippen LogP contribution in [0.25, 0.3) is 21.2 Å². The van der Waals surface area contributed by atoms with Crippen molar-refractivity contribution in [3.05, 3.63) is 73.8 Å². The van der Waals surface area contributed by atoms with Crippen molar-refractivity contribution in [1.29, 1.82) is 0 Å². The zero-order valence-electron chi connectivity index (χ0n) is 15.6. The lowest BCUT2D eigenvalue weighted by Gasteiger charge is -2.05. The molecule has 2 heterocycles. The third kappa shape index (κ3) is 3.96. The van der Waals surface area contributed by atoms with Crippen molar-refractivity contribution in [2.75, 3.05) is 13.2 Å². The summed E-state index contributed by atoms with van der Waals surface area (Å²) >= 11 is 4.86. The minimum absolute atomic E-state index is 0.0845. The Labute approximate surface area is 178 Å². The molecule has 29 heavy (non-hydrogen) atoms. The van der Waals surface area contributed by atoms with Gasteiger partial charge in [-0.05, 0) is 37.3 Å². The Morgan fingerprint density at radius 3 is 2.93 bits per heavy atom. The van der Waals surface area contributed by atoms with Gasteiger partial charge >= 0.3 is 0 Å². The van der Waals surface area contributed by atoms with Gasteiger partial charge in [0.2, 0.25) is 5.43 Å². The van der Waals surface area contributed by atoms with E-state index in [9.17, 15) is 9.59 Å². The molecule has 8 heteroatoms. The molecule has 0 aliphatic carbocycles. The van der Waals surface area contributed by atoms with Crippen molar-refractivity contribution >= 4 is 54.4 Å². The van der Waals surface area contributed by atoms with Gasteiger partial charge in [-0.1, -0.05) is 39.4 Å². The van der Waals surface area contributed by atoms with Crippen LogP contribution < -0.4 is 10.2 Å². The lowest BCUT2D eigenvalue weighted by atomic mass is 10.2. The molecule has 0 unspecified atom stereocenters.